The van der Waals surface area contributed by atoms with Crippen molar-refractivity contribution in [3.05, 3.63) is 76.1 Å². The van der Waals surface area contributed by atoms with Crippen molar-refractivity contribution in [1.82, 2.24) is 26.6 Å². The van der Waals surface area contributed by atoms with Gasteiger partial charge in [-0.2, -0.15) is 0 Å². The summed E-state index contributed by atoms with van der Waals surface area (Å²) in [6.07, 6.45) is 2.38. The second-order valence-electron chi connectivity index (χ2n) is 11.1. The molecule has 256 valence electrons. The summed E-state index contributed by atoms with van der Waals surface area (Å²) in [5.74, 6) is -3.06. The molecule has 0 unspecified atom stereocenters. The van der Waals surface area contributed by atoms with E-state index >= 15 is 0 Å². The average Bonchev–Trinajstić information content (AvgIpc) is 3.05. The molecule has 5 amide bonds. The minimum Gasteiger partial charge on any atom is -0.423 e. The quantitative estimate of drug-likeness (QED) is 0.0445. The van der Waals surface area contributed by atoms with Crippen molar-refractivity contribution in [3.8, 4) is 0 Å². The molecule has 48 heavy (non-hydrogen) atoms. The van der Waals surface area contributed by atoms with E-state index in [1.807, 2.05) is 6.92 Å². The van der Waals surface area contributed by atoms with Gasteiger partial charge < -0.3 is 42.1 Å². The summed E-state index contributed by atoms with van der Waals surface area (Å²) in [6, 6.07) is 12.8. The number of unbranched alkanes of at least 4 members (excludes halogenated alkanes) is 1. The Morgan fingerprint density at radius 2 is 1.52 bits per heavy atom. The number of nitrogens with two attached hydrogens (primary N) is 1. The monoisotopic (exact) mass is 662 g/mol. The van der Waals surface area contributed by atoms with E-state index < -0.39 is 60.3 Å². The number of benzene rings is 2. The van der Waals surface area contributed by atoms with Crippen LogP contribution in [0.3, 0.4) is 0 Å². The highest BCUT2D eigenvalue weighted by atomic mass is 16.4. The van der Waals surface area contributed by atoms with Crippen molar-refractivity contribution < 1.29 is 28.4 Å². The van der Waals surface area contributed by atoms with E-state index in [-0.39, 0.29) is 24.5 Å². The van der Waals surface area contributed by atoms with Gasteiger partial charge in [-0.3, -0.25) is 29.4 Å². The smallest absolute Gasteiger partial charge is 0.336 e. The summed E-state index contributed by atoms with van der Waals surface area (Å²) in [5, 5.41) is 23.5. The van der Waals surface area contributed by atoms with E-state index in [0.29, 0.717) is 35.9 Å². The second kappa shape index (κ2) is 18.4. The first kappa shape index (κ1) is 36.7. The maximum Gasteiger partial charge on any atom is 0.336 e. The molecule has 0 spiro atoms. The first-order valence-corrected chi connectivity index (χ1v) is 15.6. The van der Waals surface area contributed by atoms with E-state index in [4.69, 9.17) is 15.6 Å². The fourth-order valence-corrected chi connectivity index (χ4v) is 4.72. The maximum atomic E-state index is 13.2. The Balaban J connectivity index is 1.55. The third-order valence-electron chi connectivity index (χ3n) is 7.23. The van der Waals surface area contributed by atoms with Gasteiger partial charge in [-0.25, -0.2) is 4.79 Å². The molecule has 15 heteroatoms. The molecular weight excluding hydrogens is 620 g/mol. The Hall–Kier alpha value is -5.73. The van der Waals surface area contributed by atoms with Crippen molar-refractivity contribution in [2.24, 2.45) is 5.73 Å². The van der Waals surface area contributed by atoms with E-state index in [0.717, 1.165) is 12.0 Å². The Labute approximate surface area is 277 Å². The molecule has 2 atom stereocenters. The predicted molar refractivity (Wildman–Crippen MR) is 180 cm³/mol. The normalized spacial score (nSPS) is 11.9. The molecule has 9 N–H and O–H groups in total. The zero-order valence-corrected chi connectivity index (χ0v) is 26.9. The standard InChI is InChI=1S/C33H42N8O7/c1-3-4-11-24(41-30(45)21-9-6-5-7-10-21)31(46)38-18-27(42)37-19-28(43)40-25(12-8-15-36-33(34)35)32(47)39-22-13-14-23-20(2)16-29(44)48-26(23)17-22/h5-7,9-10,13-14,16-17,24-25H,3-4,8,11-12,15,18-19H2,1-2H3,(H,37,42)(H,38,46)(H,39,47)(H,40,43)(H,41,45)(H4,34,35,36)/t24-,25-/m0/s1. The van der Waals surface area contributed by atoms with E-state index in [9.17, 15) is 28.8 Å². The molecular formula is C33H42N8O7. The highest BCUT2D eigenvalue weighted by Crippen LogP contribution is 2.21. The lowest BCUT2D eigenvalue weighted by atomic mass is 10.1. The van der Waals surface area contributed by atoms with Gasteiger partial charge in [0.05, 0.1) is 13.1 Å². The molecule has 2 aromatic carbocycles. The molecule has 0 fully saturated rings. The van der Waals surface area contributed by atoms with Crippen LogP contribution < -0.4 is 43.3 Å². The molecule has 0 saturated heterocycles. The first-order valence-electron chi connectivity index (χ1n) is 15.6. The number of nitrogens with one attached hydrogen (secondary N) is 7. The fraction of sp³-hybridized carbons (Fsp3) is 0.364. The Kier molecular flexibility index (Phi) is 14.1. The number of hydrogen-bond acceptors (Lipinski definition) is 8. The highest BCUT2D eigenvalue weighted by molar-refractivity contribution is 6.00. The summed E-state index contributed by atoms with van der Waals surface area (Å²) in [6.45, 7) is 3.08. The molecule has 15 nitrogen and oxygen atoms in total. The van der Waals surface area contributed by atoms with Gasteiger partial charge in [0, 0.05) is 35.3 Å². The number of amides is 5. The van der Waals surface area contributed by atoms with Crippen LogP contribution in [0.1, 0.15) is 54.9 Å². The third-order valence-corrected chi connectivity index (χ3v) is 7.23. The van der Waals surface area contributed by atoms with Crippen LogP contribution in [0.2, 0.25) is 0 Å². The largest absolute Gasteiger partial charge is 0.423 e. The molecule has 0 aliphatic heterocycles. The van der Waals surface area contributed by atoms with E-state index in [2.05, 4.69) is 31.9 Å². The van der Waals surface area contributed by atoms with E-state index in [1.165, 1.54) is 12.1 Å². The Morgan fingerprint density at radius 1 is 0.833 bits per heavy atom. The number of carbonyl (C=O) groups excluding carboxylic acids is 5. The van der Waals surface area contributed by atoms with Crippen LogP contribution in [0, 0.1) is 12.3 Å². The van der Waals surface area contributed by atoms with Gasteiger partial charge in [0.15, 0.2) is 5.96 Å². The van der Waals surface area contributed by atoms with Crippen molar-refractivity contribution >= 4 is 52.2 Å². The number of fused-ring (bicyclic) bond motifs is 1. The maximum absolute atomic E-state index is 13.2. The fourth-order valence-electron chi connectivity index (χ4n) is 4.72. The first-order chi connectivity index (χ1) is 23.0. The lowest BCUT2D eigenvalue weighted by Gasteiger charge is -2.19. The van der Waals surface area contributed by atoms with Crippen molar-refractivity contribution in [1.29, 1.82) is 5.41 Å². The topological polar surface area (TPSA) is 238 Å². The summed E-state index contributed by atoms with van der Waals surface area (Å²) >= 11 is 0. The predicted octanol–water partition coefficient (Wildman–Crippen LogP) is 1.01. The summed E-state index contributed by atoms with van der Waals surface area (Å²) in [4.78, 5) is 75.7. The number of anilines is 1. The van der Waals surface area contributed by atoms with Crippen LogP contribution >= 0.6 is 0 Å². The zero-order valence-electron chi connectivity index (χ0n) is 26.9. The van der Waals surface area contributed by atoms with Crippen LogP contribution in [0.4, 0.5) is 5.69 Å². The SMILES string of the molecule is CCCC[C@H](NC(=O)c1ccccc1)C(=O)NCC(=O)NCC(=O)N[C@@H](CCCNC(=N)N)C(=O)Nc1ccc2c(C)cc(=O)oc2c1. The molecule has 0 radical (unpaired) electrons. The minimum atomic E-state index is -1.03. The highest BCUT2D eigenvalue weighted by Gasteiger charge is 2.23. The number of aryl methyl sites for hydroxylation is 1. The molecule has 1 aromatic heterocycles. The van der Waals surface area contributed by atoms with Gasteiger partial charge in [0.1, 0.15) is 17.7 Å². The molecule has 3 rings (SSSR count). The molecule has 0 aliphatic rings. The summed E-state index contributed by atoms with van der Waals surface area (Å²) < 4.78 is 5.24. The summed E-state index contributed by atoms with van der Waals surface area (Å²) in [5.41, 5.74) is 6.53. The van der Waals surface area contributed by atoms with Gasteiger partial charge in [-0.15, -0.1) is 0 Å². The number of carbonyl (C=O) groups is 5. The third kappa shape index (κ3) is 11.9. The van der Waals surface area contributed by atoms with Crippen molar-refractivity contribution in [2.75, 3.05) is 25.0 Å². The number of rotatable bonds is 17. The Bertz CT molecular complexity index is 1680. The molecule has 1 heterocycles. The molecule has 0 bridgehead atoms. The van der Waals surface area contributed by atoms with Gasteiger partial charge >= 0.3 is 5.63 Å². The molecule has 0 aliphatic carbocycles. The van der Waals surface area contributed by atoms with Crippen LogP contribution in [0.25, 0.3) is 11.0 Å². The lowest BCUT2D eigenvalue weighted by Crippen LogP contribution is -2.50. The Morgan fingerprint density at radius 3 is 2.23 bits per heavy atom. The number of guanidine groups is 1. The second-order valence-corrected chi connectivity index (χ2v) is 11.1. The van der Waals surface area contributed by atoms with Gasteiger partial charge in [-0.1, -0.05) is 38.0 Å². The van der Waals surface area contributed by atoms with Crippen molar-refractivity contribution in [2.45, 2.75) is 58.0 Å². The van der Waals surface area contributed by atoms with Gasteiger partial charge in [0.2, 0.25) is 23.6 Å². The van der Waals surface area contributed by atoms with Gasteiger partial charge in [-0.05, 0) is 56.0 Å². The minimum absolute atomic E-state index is 0.164. The number of hydrogen-bond donors (Lipinski definition) is 8. The van der Waals surface area contributed by atoms with Gasteiger partial charge in [0.25, 0.3) is 5.91 Å². The van der Waals surface area contributed by atoms with Crippen LogP contribution in [0.5, 0.6) is 0 Å². The van der Waals surface area contributed by atoms with E-state index in [1.54, 1.807) is 49.4 Å². The average molecular weight is 663 g/mol. The van der Waals surface area contributed by atoms with Crippen molar-refractivity contribution in [3.63, 3.8) is 0 Å². The van der Waals surface area contributed by atoms with Crippen LogP contribution in [-0.2, 0) is 19.2 Å². The lowest BCUT2D eigenvalue weighted by molar-refractivity contribution is -0.129. The summed E-state index contributed by atoms with van der Waals surface area (Å²) in [7, 11) is 0. The molecule has 3 aromatic rings. The molecule has 0 saturated carbocycles. The zero-order chi connectivity index (χ0) is 35.1. The van der Waals surface area contributed by atoms with Crippen LogP contribution in [0.15, 0.2) is 63.8 Å². The van der Waals surface area contributed by atoms with Crippen LogP contribution in [-0.4, -0.2) is 67.2 Å².